The maximum Gasteiger partial charge on any atom is 0.223 e. The molecular formula is C22H23N3O. The van der Waals surface area contributed by atoms with Crippen molar-refractivity contribution in [1.82, 2.24) is 14.9 Å². The lowest BCUT2D eigenvalue weighted by Crippen LogP contribution is -2.24. The van der Waals surface area contributed by atoms with Gasteiger partial charge in [-0.05, 0) is 19.4 Å². The van der Waals surface area contributed by atoms with E-state index >= 15 is 0 Å². The fourth-order valence-corrected chi connectivity index (χ4v) is 3.58. The number of imidazole rings is 1. The highest BCUT2D eigenvalue weighted by molar-refractivity contribution is 5.79. The second-order valence-corrected chi connectivity index (χ2v) is 7.12. The molecule has 0 spiro atoms. The monoisotopic (exact) mass is 345 g/mol. The molecule has 1 fully saturated rings. The quantitative estimate of drug-likeness (QED) is 0.770. The summed E-state index contributed by atoms with van der Waals surface area (Å²) in [7, 11) is 0. The van der Waals surface area contributed by atoms with E-state index in [-0.39, 0.29) is 11.8 Å². The average Bonchev–Trinajstić information content (AvgIpc) is 3.21. The molecule has 0 aliphatic carbocycles. The minimum atomic E-state index is 0.129. The Kier molecular flexibility index (Phi) is 4.33. The molecule has 3 aromatic rings. The number of hydrogen-bond donors (Lipinski definition) is 1. The summed E-state index contributed by atoms with van der Waals surface area (Å²) in [5, 5.41) is 0. The van der Waals surface area contributed by atoms with Gasteiger partial charge in [0.05, 0.1) is 5.69 Å². The van der Waals surface area contributed by atoms with E-state index in [1.165, 1.54) is 11.1 Å². The summed E-state index contributed by atoms with van der Waals surface area (Å²) in [5.41, 5.74) is 5.54. The average molecular weight is 345 g/mol. The number of rotatable bonds is 4. The topological polar surface area (TPSA) is 49.0 Å². The number of hydrogen-bond acceptors (Lipinski definition) is 2. The zero-order valence-electron chi connectivity index (χ0n) is 15.2. The van der Waals surface area contributed by atoms with Gasteiger partial charge in [-0.3, -0.25) is 4.79 Å². The summed E-state index contributed by atoms with van der Waals surface area (Å²) >= 11 is 0. The minimum Gasteiger partial charge on any atom is -0.345 e. The predicted octanol–water partition coefficient (Wildman–Crippen LogP) is 4.21. The second-order valence-electron chi connectivity index (χ2n) is 7.12. The summed E-state index contributed by atoms with van der Waals surface area (Å²) in [6.45, 7) is 5.50. The first-order valence-corrected chi connectivity index (χ1v) is 9.05. The number of aromatic amines is 1. The van der Waals surface area contributed by atoms with Crippen molar-refractivity contribution in [2.24, 2.45) is 0 Å². The molecule has 4 rings (SSSR count). The van der Waals surface area contributed by atoms with Crippen molar-refractivity contribution < 1.29 is 4.79 Å². The van der Waals surface area contributed by atoms with Crippen molar-refractivity contribution >= 4 is 5.91 Å². The standard InChI is InChI=1S/C22H23N3O/c1-15-8-10-17(11-9-15)13-25-14-19(12-20(25)26)22-23-16(2)21(24-22)18-6-4-3-5-7-18/h3-11,19H,12-14H2,1-2H3,(H,23,24)/t19-/m1/s1. The maximum absolute atomic E-state index is 12.5. The van der Waals surface area contributed by atoms with Crippen LogP contribution in [0.2, 0.25) is 0 Å². The van der Waals surface area contributed by atoms with Gasteiger partial charge in [-0.15, -0.1) is 0 Å². The van der Waals surface area contributed by atoms with Gasteiger partial charge in [0.1, 0.15) is 5.82 Å². The van der Waals surface area contributed by atoms with Crippen LogP contribution in [0.1, 0.15) is 35.0 Å². The molecule has 4 nitrogen and oxygen atoms in total. The first-order valence-electron chi connectivity index (χ1n) is 9.05. The van der Waals surface area contributed by atoms with Crippen LogP contribution in [0.15, 0.2) is 54.6 Å². The lowest BCUT2D eigenvalue weighted by Gasteiger charge is -2.16. The number of H-pyrrole nitrogens is 1. The van der Waals surface area contributed by atoms with Gasteiger partial charge in [-0.2, -0.15) is 0 Å². The Balaban J connectivity index is 1.51. The molecule has 1 amide bonds. The zero-order valence-corrected chi connectivity index (χ0v) is 15.2. The van der Waals surface area contributed by atoms with Gasteiger partial charge in [-0.25, -0.2) is 4.98 Å². The number of amides is 1. The highest BCUT2D eigenvalue weighted by Crippen LogP contribution is 2.30. The van der Waals surface area contributed by atoms with E-state index in [1.807, 2.05) is 30.0 Å². The Bertz CT molecular complexity index is 912. The van der Waals surface area contributed by atoms with Crippen LogP contribution in [-0.4, -0.2) is 27.3 Å². The van der Waals surface area contributed by atoms with E-state index in [2.05, 4.69) is 48.3 Å². The summed E-state index contributed by atoms with van der Waals surface area (Å²) < 4.78 is 0. The third-order valence-electron chi connectivity index (χ3n) is 5.05. The number of nitrogens with zero attached hydrogens (tertiary/aromatic N) is 2. The first kappa shape index (κ1) is 16.6. The van der Waals surface area contributed by atoms with Crippen LogP contribution in [0.3, 0.4) is 0 Å². The van der Waals surface area contributed by atoms with Crippen LogP contribution in [-0.2, 0) is 11.3 Å². The molecule has 132 valence electrons. The highest BCUT2D eigenvalue weighted by Gasteiger charge is 2.32. The van der Waals surface area contributed by atoms with Crippen molar-refractivity contribution in [2.75, 3.05) is 6.54 Å². The Morgan fingerprint density at radius 3 is 2.54 bits per heavy atom. The lowest BCUT2D eigenvalue weighted by molar-refractivity contribution is -0.128. The molecule has 0 radical (unpaired) electrons. The van der Waals surface area contributed by atoms with E-state index in [1.54, 1.807) is 0 Å². The first-order chi connectivity index (χ1) is 12.6. The van der Waals surface area contributed by atoms with Gasteiger partial charge in [0, 0.05) is 36.7 Å². The van der Waals surface area contributed by atoms with E-state index in [4.69, 9.17) is 4.98 Å². The molecular weight excluding hydrogens is 322 g/mol. The molecule has 1 aromatic heterocycles. The van der Waals surface area contributed by atoms with Crippen LogP contribution in [0.4, 0.5) is 0 Å². The van der Waals surface area contributed by atoms with Gasteiger partial charge in [0.2, 0.25) is 5.91 Å². The van der Waals surface area contributed by atoms with Gasteiger partial charge in [-0.1, -0.05) is 60.2 Å². The fraction of sp³-hybridized carbons (Fsp3) is 0.273. The molecule has 1 aliphatic heterocycles. The van der Waals surface area contributed by atoms with E-state index in [9.17, 15) is 4.79 Å². The molecule has 1 atom stereocenters. The van der Waals surface area contributed by atoms with Crippen LogP contribution >= 0.6 is 0 Å². The van der Waals surface area contributed by atoms with E-state index in [0.717, 1.165) is 22.8 Å². The Hall–Kier alpha value is -2.88. The normalized spacial score (nSPS) is 17.1. The van der Waals surface area contributed by atoms with Crippen molar-refractivity contribution in [1.29, 1.82) is 0 Å². The van der Waals surface area contributed by atoms with Gasteiger partial charge in [0.15, 0.2) is 0 Å². The Morgan fingerprint density at radius 2 is 1.81 bits per heavy atom. The fourth-order valence-electron chi connectivity index (χ4n) is 3.58. The van der Waals surface area contributed by atoms with Gasteiger partial charge < -0.3 is 9.88 Å². The summed E-state index contributed by atoms with van der Waals surface area (Å²) in [6, 6.07) is 18.6. The smallest absolute Gasteiger partial charge is 0.223 e. The summed E-state index contributed by atoms with van der Waals surface area (Å²) in [6.07, 6.45) is 0.521. The zero-order chi connectivity index (χ0) is 18.1. The molecule has 1 saturated heterocycles. The molecule has 1 N–H and O–H groups in total. The van der Waals surface area contributed by atoms with Crippen LogP contribution in [0.5, 0.6) is 0 Å². The van der Waals surface area contributed by atoms with Crippen molar-refractivity contribution in [3.63, 3.8) is 0 Å². The number of carbonyl (C=O) groups excluding carboxylic acids is 1. The number of aromatic nitrogens is 2. The molecule has 0 saturated carbocycles. The number of nitrogens with one attached hydrogen (secondary N) is 1. The predicted molar refractivity (Wildman–Crippen MR) is 103 cm³/mol. The minimum absolute atomic E-state index is 0.129. The van der Waals surface area contributed by atoms with Gasteiger partial charge >= 0.3 is 0 Å². The molecule has 2 heterocycles. The van der Waals surface area contributed by atoms with E-state index in [0.29, 0.717) is 19.5 Å². The molecule has 4 heteroatoms. The van der Waals surface area contributed by atoms with Crippen molar-refractivity contribution in [3.05, 3.63) is 77.2 Å². The largest absolute Gasteiger partial charge is 0.345 e. The summed E-state index contributed by atoms with van der Waals surface area (Å²) in [4.78, 5) is 22.6. The number of likely N-dealkylation sites (tertiary alicyclic amines) is 1. The Morgan fingerprint density at radius 1 is 1.08 bits per heavy atom. The maximum atomic E-state index is 12.5. The molecule has 26 heavy (non-hydrogen) atoms. The highest BCUT2D eigenvalue weighted by atomic mass is 16.2. The van der Waals surface area contributed by atoms with Crippen molar-refractivity contribution in [2.45, 2.75) is 32.7 Å². The number of carbonyl (C=O) groups is 1. The molecule has 2 aromatic carbocycles. The molecule has 0 bridgehead atoms. The molecule has 1 aliphatic rings. The number of benzene rings is 2. The SMILES string of the molecule is Cc1ccc(CN2C[C@H](c3nc(-c4ccccc4)c(C)[nH]3)CC2=O)cc1. The van der Waals surface area contributed by atoms with Gasteiger partial charge in [0.25, 0.3) is 0 Å². The van der Waals surface area contributed by atoms with E-state index < -0.39 is 0 Å². The van der Waals surface area contributed by atoms with Crippen LogP contribution in [0, 0.1) is 13.8 Å². The number of aryl methyl sites for hydroxylation is 2. The van der Waals surface area contributed by atoms with Crippen LogP contribution in [0.25, 0.3) is 11.3 Å². The lowest BCUT2D eigenvalue weighted by atomic mass is 10.1. The Labute approximate surface area is 153 Å². The summed E-state index contributed by atoms with van der Waals surface area (Å²) in [5.74, 6) is 1.25. The second kappa shape index (κ2) is 6.79. The molecule has 0 unspecified atom stereocenters. The van der Waals surface area contributed by atoms with Crippen LogP contribution < -0.4 is 0 Å². The van der Waals surface area contributed by atoms with Crippen molar-refractivity contribution in [3.8, 4) is 11.3 Å². The third-order valence-corrected chi connectivity index (χ3v) is 5.05. The third kappa shape index (κ3) is 3.27.